The normalized spacial score (nSPS) is 14.4. The summed E-state index contributed by atoms with van der Waals surface area (Å²) in [5.74, 6) is 0.0610. The quantitative estimate of drug-likeness (QED) is 0.572. The molecule has 152 valence electrons. The largest absolute Gasteiger partial charge is 0.341 e. The van der Waals surface area contributed by atoms with Crippen LogP contribution in [0.3, 0.4) is 0 Å². The van der Waals surface area contributed by atoms with Gasteiger partial charge in [-0.3, -0.25) is 14.5 Å². The van der Waals surface area contributed by atoms with Gasteiger partial charge >= 0.3 is 0 Å². The van der Waals surface area contributed by atoms with Crippen molar-refractivity contribution in [3.05, 3.63) is 72.3 Å². The minimum absolute atomic E-state index is 0.0610. The molecule has 4 heterocycles. The van der Waals surface area contributed by atoms with E-state index in [1.54, 1.807) is 10.9 Å². The highest BCUT2D eigenvalue weighted by Gasteiger charge is 2.23. The molecule has 1 N–H and O–H groups in total. The van der Waals surface area contributed by atoms with Gasteiger partial charge in [-0.15, -0.1) is 0 Å². The summed E-state index contributed by atoms with van der Waals surface area (Å²) in [6, 6.07) is 12.4. The Hall–Kier alpha value is -3.45. The Bertz CT molecular complexity index is 1180. The van der Waals surface area contributed by atoms with Crippen LogP contribution in [0.25, 0.3) is 22.2 Å². The van der Waals surface area contributed by atoms with Crippen LogP contribution >= 0.6 is 0 Å². The second-order valence-corrected chi connectivity index (χ2v) is 7.68. The van der Waals surface area contributed by atoms with E-state index in [9.17, 15) is 4.79 Å². The van der Waals surface area contributed by atoms with Crippen LogP contribution in [0.2, 0.25) is 0 Å². The van der Waals surface area contributed by atoms with Crippen LogP contribution in [-0.2, 0) is 13.6 Å². The molecule has 0 aliphatic carbocycles. The van der Waals surface area contributed by atoms with E-state index in [-0.39, 0.29) is 5.91 Å². The highest BCUT2D eigenvalue weighted by atomic mass is 16.2. The van der Waals surface area contributed by atoms with Crippen molar-refractivity contribution < 1.29 is 4.79 Å². The van der Waals surface area contributed by atoms with Crippen LogP contribution in [0, 0.1) is 0 Å². The van der Waals surface area contributed by atoms with E-state index in [0.717, 1.165) is 48.3 Å². The van der Waals surface area contributed by atoms with Crippen LogP contribution in [0.1, 0.15) is 15.9 Å². The van der Waals surface area contributed by atoms with Gasteiger partial charge < -0.3 is 14.8 Å². The van der Waals surface area contributed by atoms with Crippen molar-refractivity contribution in [2.45, 2.75) is 6.54 Å². The van der Waals surface area contributed by atoms with Crippen molar-refractivity contribution in [1.82, 2.24) is 29.5 Å². The topological polar surface area (TPSA) is 68.0 Å². The molecule has 1 fully saturated rings. The number of hydrogen-bond donors (Lipinski definition) is 1. The molecule has 1 aliphatic rings. The average Bonchev–Trinajstić information content (AvgIpc) is 3.39. The highest BCUT2D eigenvalue weighted by Crippen LogP contribution is 2.24. The molecule has 4 aromatic rings. The molecular weight excluding hydrogens is 376 g/mol. The number of aromatic nitrogens is 4. The zero-order chi connectivity index (χ0) is 20.5. The standard InChI is InChI=1S/C23H24N6O/c1-27-15-19(13-26-27)18-6-4-17(5-7-18)14-29-16-20(22-21(29)3-2-8-25-22)23(30)28-11-9-24-10-12-28/h2-8,13,15-16,24H,9-12,14H2,1H3. The van der Waals surface area contributed by atoms with Crippen molar-refractivity contribution in [2.24, 2.45) is 7.05 Å². The Morgan fingerprint density at radius 2 is 1.87 bits per heavy atom. The van der Waals surface area contributed by atoms with E-state index in [2.05, 4.69) is 44.2 Å². The fourth-order valence-electron chi connectivity index (χ4n) is 4.02. The smallest absolute Gasteiger partial charge is 0.257 e. The van der Waals surface area contributed by atoms with Crippen LogP contribution in [0.15, 0.2) is 61.2 Å². The van der Waals surface area contributed by atoms with Crippen molar-refractivity contribution in [3.8, 4) is 11.1 Å². The van der Waals surface area contributed by atoms with Gasteiger partial charge in [0.05, 0.1) is 17.3 Å². The Morgan fingerprint density at radius 1 is 1.07 bits per heavy atom. The number of rotatable bonds is 4. The summed E-state index contributed by atoms with van der Waals surface area (Å²) >= 11 is 0. The number of hydrogen-bond acceptors (Lipinski definition) is 4. The summed E-state index contributed by atoms with van der Waals surface area (Å²) in [6.45, 7) is 3.81. The molecule has 30 heavy (non-hydrogen) atoms. The van der Waals surface area contributed by atoms with E-state index in [0.29, 0.717) is 12.1 Å². The van der Waals surface area contributed by atoms with Gasteiger partial charge in [0.25, 0.3) is 5.91 Å². The molecule has 5 rings (SSSR count). The van der Waals surface area contributed by atoms with Gasteiger partial charge in [0.15, 0.2) is 0 Å². The fourth-order valence-corrected chi connectivity index (χ4v) is 4.02. The second kappa shape index (κ2) is 7.76. The molecule has 0 bridgehead atoms. The first kappa shape index (κ1) is 18.6. The number of nitrogens with zero attached hydrogens (tertiary/aromatic N) is 5. The molecular formula is C23H24N6O. The van der Waals surface area contributed by atoms with Crippen LogP contribution in [0.5, 0.6) is 0 Å². The van der Waals surface area contributed by atoms with Crippen molar-refractivity contribution >= 4 is 16.9 Å². The van der Waals surface area contributed by atoms with Crippen LogP contribution < -0.4 is 5.32 Å². The summed E-state index contributed by atoms with van der Waals surface area (Å²) in [4.78, 5) is 19.6. The molecule has 1 amide bonds. The first-order valence-corrected chi connectivity index (χ1v) is 10.2. The molecule has 0 saturated carbocycles. The third-order valence-corrected chi connectivity index (χ3v) is 5.62. The lowest BCUT2D eigenvalue weighted by Gasteiger charge is -2.27. The molecule has 0 unspecified atom stereocenters. The lowest BCUT2D eigenvalue weighted by Crippen LogP contribution is -2.46. The molecule has 0 spiro atoms. The summed E-state index contributed by atoms with van der Waals surface area (Å²) in [6.07, 6.45) is 7.59. The lowest BCUT2D eigenvalue weighted by molar-refractivity contribution is 0.0737. The molecule has 3 aromatic heterocycles. The molecule has 1 saturated heterocycles. The van der Waals surface area contributed by atoms with Crippen molar-refractivity contribution in [2.75, 3.05) is 26.2 Å². The van der Waals surface area contributed by atoms with Crippen molar-refractivity contribution in [3.63, 3.8) is 0 Å². The summed E-state index contributed by atoms with van der Waals surface area (Å²) < 4.78 is 3.93. The van der Waals surface area contributed by atoms with Gasteiger partial charge in [-0.1, -0.05) is 24.3 Å². The maximum atomic E-state index is 13.1. The molecule has 1 aliphatic heterocycles. The fraction of sp³-hybridized carbons (Fsp3) is 0.261. The maximum absolute atomic E-state index is 13.1. The van der Waals surface area contributed by atoms with Crippen LogP contribution in [-0.4, -0.2) is 56.3 Å². The van der Waals surface area contributed by atoms with E-state index >= 15 is 0 Å². The minimum Gasteiger partial charge on any atom is -0.341 e. The van der Waals surface area contributed by atoms with Gasteiger partial charge in [0.2, 0.25) is 0 Å². The number of pyridine rings is 1. The Balaban J connectivity index is 1.44. The van der Waals surface area contributed by atoms with Gasteiger partial charge in [0, 0.05) is 63.9 Å². The maximum Gasteiger partial charge on any atom is 0.257 e. The van der Waals surface area contributed by atoms with Gasteiger partial charge in [0.1, 0.15) is 5.52 Å². The summed E-state index contributed by atoms with van der Waals surface area (Å²) in [7, 11) is 1.92. The van der Waals surface area contributed by atoms with Gasteiger partial charge in [-0.05, 0) is 23.3 Å². The minimum atomic E-state index is 0.0610. The summed E-state index contributed by atoms with van der Waals surface area (Å²) in [5.41, 5.74) is 5.84. The third kappa shape index (κ3) is 3.48. The van der Waals surface area contributed by atoms with Crippen molar-refractivity contribution in [1.29, 1.82) is 0 Å². The number of benzene rings is 1. The number of piperazine rings is 1. The average molecular weight is 400 g/mol. The van der Waals surface area contributed by atoms with E-state index < -0.39 is 0 Å². The SMILES string of the molecule is Cn1cc(-c2ccc(Cn3cc(C(=O)N4CCNCC4)c4ncccc43)cc2)cn1. The van der Waals surface area contributed by atoms with E-state index in [4.69, 9.17) is 0 Å². The summed E-state index contributed by atoms with van der Waals surface area (Å²) in [5, 5.41) is 7.53. The van der Waals surface area contributed by atoms with Gasteiger partial charge in [-0.25, -0.2) is 0 Å². The van der Waals surface area contributed by atoms with Gasteiger partial charge in [-0.2, -0.15) is 5.10 Å². The zero-order valence-corrected chi connectivity index (χ0v) is 17.0. The molecule has 1 aromatic carbocycles. The number of fused-ring (bicyclic) bond motifs is 1. The molecule has 0 atom stereocenters. The van der Waals surface area contributed by atoms with E-state index in [1.807, 2.05) is 42.7 Å². The Morgan fingerprint density at radius 3 is 2.60 bits per heavy atom. The van der Waals surface area contributed by atoms with E-state index in [1.165, 1.54) is 5.56 Å². The molecule has 7 heteroatoms. The molecule has 0 radical (unpaired) electrons. The lowest BCUT2D eigenvalue weighted by atomic mass is 10.1. The first-order valence-electron chi connectivity index (χ1n) is 10.2. The monoisotopic (exact) mass is 400 g/mol. The third-order valence-electron chi connectivity index (χ3n) is 5.62. The Labute approximate surface area is 174 Å². The number of aryl methyl sites for hydroxylation is 1. The predicted octanol–water partition coefficient (Wildman–Crippen LogP) is 2.53. The number of amides is 1. The number of carbonyl (C=O) groups is 1. The number of carbonyl (C=O) groups excluding carboxylic acids is 1. The molecule has 7 nitrogen and oxygen atoms in total. The number of nitrogens with one attached hydrogen (secondary N) is 1. The predicted molar refractivity (Wildman–Crippen MR) is 116 cm³/mol. The first-order chi connectivity index (χ1) is 14.7. The second-order valence-electron chi connectivity index (χ2n) is 7.68. The Kier molecular flexibility index (Phi) is 4.80. The highest BCUT2D eigenvalue weighted by molar-refractivity contribution is 6.05. The zero-order valence-electron chi connectivity index (χ0n) is 17.0. The van der Waals surface area contributed by atoms with Crippen LogP contribution in [0.4, 0.5) is 0 Å².